The van der Waals surface area contributed by atoms with E-state index in [9.17, 15) is 0 Å². The standard InChI is InChI=1S/C12H24N2S/c1-10-12(9-13,6-8-15-10)14-7-4-5-11(14,2)3/h10H,4-9,13H2,1-3H3. The Morgan fingerprint density at radius 1 is 1.40 bits per heavy atom. The summed E-state index contributed by atoms with van der Waals surface area (Å²) in [5.41, 5.74) is 6.75. The quantitative estimate of drug-likeness (QED) is 0.784. The topological polar surface area (TPSA) is 29.3 Å². The third kappa shape index (κ3) is 1.73. The van der Waals surface area contributed by atoms with Crippen molar-refractivity contribution in [3.63, 3.8) is 0 Å². The molecule has 2 atom stereocenters. The Morgan fingerprint density at radius 3 is 2.53 bits per heavy atom. The van der Waals surface area contributed by atoms with Crippen LogP contribution in [0.4, 0.5) is 0 Å². The third-order valence-electron chi connectivity index (χ3n) is 4.45. The van der Waals surface area contributed by atoms with Crippen molar-refractivity contribution in [2.24, 2.45) is 5.73 Å². The Kier molecular flexibility index (Phi) is 3.08. The van der Waals surface area contributed by atoms with Gasteiger partial charge in [-0.15, -0.1) is 0 Å². The van der Waals surface area contributed by atoms with Gasteiger partial charge in [0.2, 0.25) is 0 Å². The van der Waals surface area contributed by atoms with Gasteiger partial charge in [0.15, 0.2) is 0 Å². The van der Waals surface area contributed by atoms with Gasteiger partial charge in [0, 0.05) is 22.9 Å². The Labute approximate surface area is 98.0 Å². The summed E-state index contributed by atoms with van der Waals surface area (Å²) in [4.78, 5) is 2.71. The first kappa shape index (κ1) is 11.7. The Morgan fingerprint density at radius 2 is 2.13 bits per heavy atom. The zero-order chi connectivity index (χ0) is 11.1. The summed E-state index contributed by atoms with van der Waals surface area (Å²) in [5.74, 6) is 1.28. The van der Waals surface area contributed by atoms with Gasteiger partial charge in [0.05, 0.1) is 0 Å². The third-order valence-corrected chi connectivity index (χ3v) is 5.83. The monoisotopic (exact) mass is 228 g/mol. The van der Waals surface area contributed by atoms with Gasteiger partial charge in [-0.05, 0) is 45.4 Å². The highest BCUT2D eigenvalue weighted by molar-refractivity contribution is 8.00. The maximum absolute atomic E-state index is 6.11. The van der Waals surface area contributed by atoms with Crippen molar-refractivity contribution >= 4 is 11.8 Å². The zero-order valence-corrected chi connectivity index (χ0v) is 11.1. The van der Waals surface area contributed by atoms with Crippen LogP contribution in [0.15, 0.2) is 0 Å². The molecule has 3 heteroatoms. The SMILES string of the molecule is CC1SCCC1(CN)N1CCCC1(C)C. The maximum atomic E-state index is 6.11. The lowest BCUT2D eigenvalue weighted by molar-refractivity contribution is 0.0381. The molecule has 2 aliphatic rings. The lowest BCUT2D eigenvalue weighted by Crippen LogP contribution is -2.61. The van der Waals surface area contributed by atoms with Gasteiger partial charge in [0.25, 0.3) is 0 Å². The van der Waals surface area contributed by atoms with E-state index in [1.807, 2.05) is 0 Å². The van der Waals surface area contributed by atoms with Gasteiger partial charge >= 0.3 is 0 Å². The molecular weight excluding hydrogens is 204 g/mol. The number of rotatable bonds is 2. The van der Waals surface area contributed by atoms with Gasteiger partial charge in [-0.3, -0.25) is 4.90 Å². The molecule has 2 fully saturated rings. The van der Waals surface area contributed by atoms with E-state index in [1.165, 1.54) is 31.6 Å². The van der Waals surface area contributed by atoms with Crippen molar-refractivity contribution < 1.29 is 0 Å². The molecule has 0 bridgehead atoms. The van der Waals surface area contributed by atoms with E-state index in [4.69, 9.17) is 5.73 Å². The molecule has 0 aromatic heterocycles. The van der Waals surface area contributed by atoms with E-state index in [1.54, 1.807) is 0 Å². The number of thioether (sulfide) groups is 1. The first-order chi connectivity index (χ1) is 7.03. The largest absolute Gasteiger partial charge is 0.329 e. The molecule has 2 heterocycles. The van der Waals surface area contributed by atoms with Gasteiger partial charge in [-0.1, -0.05) is 6.92 Å². The molecular formula is C12H24N2S. The molecule has 0 aromatic rings. The number of hydrogen-bond acceptors (Lipinski definition) is 3. The van der Waals surface area contributed by atoms with Crippen LogP contribution in [0.2, 0.25) is 0 Å². The number of nitrogens with zero attached hydrogens (tertiary/aromatic N) is 1. The predicted octanol–water partition coefficient (Wildman–Crippen LogP) is 2.08. The second kappa shape index (κ2) is 3.94. The number of nitrogens with two attached hydrogens (primary N) is 1. The minimum absolute atomic E-state index is 0.282. The molecule has 88 valence electrons. The van der Waals surface area contributed by atoms with Crippen molar-refractivity contribution in [2.75, 3.05) is 18.8 Å². The summed E-state index contributed by atoms with van der Waals surface area (Å²) in [6.07, 6.45) is 3.94. The van der Waals surface area contributed by atoms with Crippen molar-refractivity contribution in [2.45, 2.75) is 56.4 Å². The van der Waals surface area contributed by atoms with E-state index in [0.717, 1.165) is 6.54 Å². The van der Waals surface area contributed by atoms with Crippen LogP contribution in [-0.4, -0.2) is 40.1 Å². The predicted molar refractivity (Wildman–Crippen MR) is 68.3 cm³/mol. The van der Waals surface area contributed by atoms with Crippen LogP contribution in [0.5, 0.6) is 0 Å². The fourth-order valence-electron chi connectivity index (χ4n) is 3.44. The van der Waals surface area contributed by atoms with Gasteiger partial charge in [-0.25, -0.2) is 0 Å². The Balaban J connectivity index is 2.26. The minimum Gasteiger partial charge on any atom is -0.329 e. The van der Waals surface area contributed by atoms with Crippen LogP contribution in [0.1, 0.15) is 40.0 Å². The molecule has 0 aromatic carbocycles. The molecule has 2 unspecified atom stereocenters. The fraction of sp³-hybridized carbons (Fsp3) is 1.00. The average Bonchev–Trinajstić information content (AvgIpc) is 2.70. The molecule has 2 nitrogen and oxygen atoms in total. The highest BCUT2D eigenvalue weighted by atomic mass is 32.2. The summed E-state index contributed by atoms with van der Waals surface area (Å²) in [7, 11) is 0. The molecule has 2 saturated heterocycles. The first-order valence-corrected chi connectivity index (χ1v) is 7.17. The Hall–Kier alpha value is 0.270. The van der Waals surface area contributed by atoms with Gasteiger partial charge in [0.1, 0.15) is 0 Å². The van der Waals surface area contributed by atoms with Crippen LogP contribution in [0.25, 0.3) is 0 Å². The second-order valence-corrected chi connectivity index (χ2v) is 7.09. The van der Waals surface area contributed by atoms with Gasteiger partial charge in [-0.2, -0.15) is 11.8 Å². The maximum Gasteiger partial charge on any atom is 0.0460 e. The number of hydrogen-bond donors (Lipinski definition) is 1. The van der Waals surface area contributed by atoms with Crippen molar-refractivity contribution in [3.8, 4) is 0 Å². The minimum atomic E-state index is 0.282. The molecule has 2 rings (SSSR count). The molecule has 0 radical (unpaired) electrons. The van der Waals surface area contributed by atoms with Crippen molar-refractivity contribution in [1.82, 2.24) is 4.90 Å². The molecule has 0 spiro atoms. The molecule has 0 amide bonds. The van der Waals surface area contributed by atoms with Crippen LogP contribution in [0.3, 0.4) is 0 Å². The van der Waals surface area contributed by atoms with Crippen LogP contribution in [-0.2, 0) is 0 Å². The van der Waals surface area contributed by atoms with Crippen molar-refractivity contribution in [3.05, 3.63) is 0 Å². The summed E-state index contributed by atoms with van der Waals surface area (Å²) in [6.45, 7) is 9.19. The van der Waals surface area contributed by atoms with E-state index >= 15 is 0 Å². The zero-order valence-electron chi connectivity index (χ0n) is 10.3. The highest BCUT2D eigenvalue weighted by Gasteiger charge is 2.50. The van der Waals surface area contributed by atoms with E-state index < -0.39 is 0 Å². The van der Waals surface area contributed by atoms with Gasteiger partial charge < -0.3 is 5.73 Å². The van der Waals surface area contributed by atoms with Crippen LogP contribution in [0, 0.1) is 0 Å². The van der Waals surface area contributed by atoms with Crippen LogP contribution >= 0.6 is 11.8 Å². The summed E-state index contributed by atoms with van der Waals surface area (Å²) in [5, 5.41) is 0.694. The van der Waals surface area contributed by atoms with E-state index in [-0.39, 0.29) is 5.54 Å². The normalized spacial score (nSPS) is 41.2. The lowest BCUT2D eigenvalue weighted by atomic mass is 9.86. The first-order valence-electron chi connectivity index (χ1n) is 6.12. The summed E-state index contributed by atoms with van der Waals surface area (Å²) < 4.78 is 0. The molecule has 0 saturated carbocycles. The number of likely N-dealkylation sites (tertiary alicyclic amines) is 1. The molecule has 15 heavy (non-hydrogen) atoms. The Bertz CT molecular complexity index is 242. The molecule has 2 aliphatic heterocycles. The van der Waals surface area contributed by atoms with Crippen molar-refractivity contribution in [1.29, 1.82) is 0 Å². The summed E-state index contributed by atoms with van der Waals surface area (Å²) in [6, 6.07) is 0. The second-order valence-electron chi connectivity index (χ2n) is 5.64. The lowest BCUT2D eigenvalue weighted by Gasteiger charge is -2.48. The van der Waals surface area contributed by atoms with E-state index in [0.29, 0.717) is 10.8 Å². The molecule has 0 aliphatic carbocycles. The van der Waals surface area contributed by atoms with E-state index in [2.05, 4.69) is 37.4 Å². The van der Waals surface area contributed by atoms with Crippen LogP contribution < -0.4 is 5.73 Å². The highest BCUT2D eigenvalue weighted by Crippen LogP contribution is 2.45. The summed E-state index contributed by atoms with van der Waals surface area (Å²) >= 11 is 2.09. The molecule has 2 N–H and O–H groups in total. The average molecular weight is 228 g/mol. The smallest absolute Gasteiger partial charge is 0.0460 e. The fourth-order valence-corrected chi connectivity index (χ4v) is 4.91.